The van der Waals surface area contributed by atoms with Gasteiger partial charge in [-0.1, -0.05) is 18.2 Å². The second-order valence-corrected chi connectivity index (χ2v) is 8.39. The van der Waals surface area contributed by atoms with Gasteiger partial charge in [0.25, 0.3) is 5.56 Å². The summed E-state index contributed by atoms with van der Waals surface area (Å²) in [6, 6.07) is 9.29. The molecule has 1 amide bonds. The van der Waals surface area contributed by atoms with E-state index in [0.717, 1.165) is 12.8 Å². The van der Waals surface area contributed by atoms with Crippen LogP contribution >= 0.6 is 0 Å². The van der Waals surface area contributed by atoms with Crippen molar-refractivity contribution in [2.75, 3.05) is 20.1 Å². The van der Waals surface area contributed by atoms with Crippen LogP contribution < -0.4 is 5.56 Å². The van der Waals surface area contributed by atoms with E-state index >= 15 is 0 Å². The second kappa shape index (κ2) is 10.4. The summed E-state index contributed by atoms with van der Waals surface area (Å²) >= 11 is 0. The first-order valence-corrected chi connectivity index (χ1v) is 11.4. The highest BCUT2D eigenvalue weighted by Crippen LogP contribution is 2.21. The van der Waals surface area contributed by atoms with E-state index < -0.39 is 0 Å². The Bertz CT molecular complexity index is 1250. The number of hydrogen-bond donors (Lipinski definition) is 2. The van der Waals surface area contributed by atoms with Crippen molar-refractivity contribution in [3.05, 3.63) is 58.3 Å². The van der Waals surface area contributed by atoms with Gasteiger partial charge in [0.05, 0.1) is 6.20 Å². The highest BCUT2D eigenvalue weighted by molar-refractivity contribution is 6.00. The van der Waals surface area contributed by atoms with Gasteiger partial charge < -0.3 is 14.6 Å². The maximum absolute atomic E-state index is 12.7. The molecule has 0 radical (unpaired) electrons. The Labute approximate surface area is 197 Å². The summed E-state index contributed by atoms with van der Waals surface area (Å²) in [4.78, 5) is 38.3. The van der Waals surface area contributed by atoms with Gasteiger partial charge in [-0.25, -0.2) is 4.98 Å². The quantitative estimate of drug-likeness (QED) is 0.428. The number of nitrogens with zero attached hydrogens (tertiary/aromatic N) is 5. The molecular weight excluding hydrogens is 434 g/mol. The normalized spacial score (nSPS) is 15.0. The van der Waals surface area contributed by atoms with Crippen LogP contribution in [0, 0.1) is 11.3 Å². The van der Waals surface area contributed by atoms with E-state index in [1.807, 2.05) is 35.2 Å². The van der Waals surface area contributed by atoms with Crippen LogP contribution in [0.4, 0.5) is 0 Å². The van der Waals surface area contributed by atoms with Crippen LogP contribution in [0.25, 0.3) is 11.0 Å². The van der Waals surface area contributed by atoms with Crippen molar-refractivity contribution < 1.29 is 9.53 Å². The van der Waals surface area contributed by atoms with Gasteiger partial charge in [0, 0.05) is 51.5 Å². The average Bonchev–Trinajstić information content (AvgIpc) is 3.24. The van der Waals surface area contributed by atoms with Gasteiger partial charge in [0.2, 0.25) is 11.8 Å². The first-order chi connectivity index (χ1) is 16.5. The van der Waals surface area contributed by atoms with E-state index in [1.54, 1.807) is 18.8 Å². The number of H-pyrrole nitrogens is 1. The smallest absolute Gasteiger partial charge is 0.262 e. The molecule has 1 aromatic carbocycles. The fourth-order valence-corrected chi connectivity index (χ4v) is 4.20. The summed E-state index contributed by atoms with van der Waals surface area (Å²) in [5.41, 5.74) is 1.04. The molecular formula is C24H29N7O3. The molecule has 1 aliphatic rings. The molecule has 0 saturated carbocycles. The summed E-state index contributed by atoms with van der Waals surface area (Å²) in [6.45, 7) is 1.25. The van der Waals surface area contributed by atoms with E-state index in [1.165, 1.54) is 6.20 Å². The lowest BCUT2D eigenvalue weighted by Gasteiger charge is -2.32. The number of carbonyl (C=O) groups excluding carboxylic acids is 1. The lowest BCUT2D eigenvalue weighted by molar-refractivity contribution is -0.132. The van der Waals surface area contributed by atoms with E-state index in [-0.39, 0.29) is 23.3 Å². The molecule has 10 nitrogen and oxygen atoms in total. The zero-order chi connectivity index (χ0) is 24.1. The lowest BCUT2D eigenvalue weighted by atomic mass is 9.96. The number of benzene rings is 1. The zero-order valence-corrected chi connectivity index (χ0v) is 19.5. The van der Waals surface area contributed by atoms with Crippen LogP contribution in [-0.2, 0) is 23.0 Å². The predicted molar refractivity (Wildman–Crippen MR) is 129 cm³/mol. The van der Waals surface area contributed by atoms with Crippen LogP contribution in [0.1, 0.15) is 37.1 Å². The number of amides is 1. The zero-order valence-electron chi connectivity index (χ0n) is 19.5. The largest absolute Gasteiger partial charge is 0.425 e. The lowest BCUT2D eigenvalue weighted by Crippen LogP contribution is -2.41. The number of nitrogens with one attached hydrogen (secondary N) is 2. The number of rotatable bonds is 6. The van der Waals surface area contributed by atoms with Crippen LogP contribution in [0.15, 0.2) is 46.3 Å². The molecule has 0 aliphatic carbocycles. The molecule has 34 heavy (non-hydrogen) atoms. The van der Waals surface area contributed by atoms with Crippen molar-refractivity contribution in [1.82, 2.24) is 24.6 Å². The summed E-state index contributed by atoms with van der Waals surface area (Å²) < 4.78 is 7.34. The van der Waals surface area contributed by atoms with Gasteiger partial charge >= 0.3 is 0 Å². The Balaban J connectivity index is 1.25. The fourth-order valence-electron chi connectivity index (χ4n) is 4.20. The van der Waals surface area contributed by atoms with Gasteiger partial charge in [-0.3, -0.25) is 24.7 Å². The van der Waals surface area contributed by atoms with Crippen molar-refractivity contribution in [2.45, 2.75) is 32.1 Å². The number of piperidine rings is 1. The molecule has 10 heteroatoms. The molecule has 0 unspecified atom stereocenters. The Hall–Kier alpha value is -3.82. The van der Waals surface area contributed by atoms with Crippen LogP contribution in [0.3, 0.4) is 0 Å². The van der Waals surface area contributed by atoms with Gasteiger partial charge in [-0.2, -0.15) is 5.10 Å². The Morgan fingerprint density at radius 1 is 1.26 bits per heavy atom. The van der Waals surface area contributed by atoms with Gasteiger partial charge in [0.15, 0.2) is 11.5 Å². The molecule has 0 atom stereocenters. The van der Waals surface area contributed by atoms with Crippen LogP contribution in [-0.4, -0.2) is 62.5 Å². The highest BCUT2D eigenvalue weighted by atomic mass is 16.5. The van der Waals surface area contributed by atoms with E-state index in [2.05, 4.69) is 20.1 Å². The minimum atomic E-state index is -0.211. The topological polar surface area (TPSA) is 129 Å². The van der Waals surface area contributed by atoms with E-state index in [9.17, 15) is 9.59 Å². The minimum Gasteiger partial charge on any atom is -0.425 e. The predicted octanol–water partition coefficient (Wildman–Crippen LogP) is 2.29. The third-order valence-corrected chi connectivity index (χ3v) is 6.11. The molecule has 1 fully saturated rings. The van der Waals surface area contributed by atoms with Crippen molar-refractivity contribution in [2.24, 2.45) is 18.0 Å². The summed E-state index contributed by atoms with van der Waals surface area (Å²) in [7, 11) is 3.42. The monoisotopic (exact) mass is 463 g/mol. The van der Waals surface area contributed by atoms with Crippen molar-refractivity contribution in [3.8, 4) is 0 Å². The minimum absolute atomic E-state index is 0.0793. The molecule has 3 heterocycles. The number of aryl methyl sites for hydroxylation is 2. The van der Waals surface area contributed by atoms with E-state index in [0.29, 0.717) is 60.7 Å². The second-order valence-electron chi connectivity index (χ2n) is 8.39. The molecule has 2 N–H and O–H groups in total. The number of ether oxygens (including phenoxy) is 1. The average molecular weight is 464 g/mol. The third kappa shape index (κ3) is 5.22. The Kier molecular flexibility index (Phi) is 7.15. The van der Waals surface area contributed by atoms with Crippen molar-refractivity contribution >= 4 is 28.7 Å². The Morgan fingerprint density at radius 2 is 2.00 bits per heavy atom. The standard InChI is InChI=1S/C24H29N7O3/c1-26-24(34-21(25)16-7-4-3-5-8-16)17-11-13-31(14-12-17)20(32)10-6-9-19-28-22-18(23(33)29-19)15-27-30(22)2/h3-5,7-8,15,17,25H,6,9-14H2,1-2H3,(H,28,29,33)/b25-21?,26-24-. The van der Waals surface area contributed by atoms with Crippen LogP contribution in [0.5, 0.6) is 0 Å². The van der Waals surface area contributed by atoms with Gasteiger partial charge in [-0.15, -0.1) is 0 Å². The maximum atomic E-state index is 12.7. The Morgan fingerprint density at radius 3 is 2.71 bits per heavy atom. The molecule has 4 rings (SSSR count). The highest BCUT2D eigenvalue weighted by Gasteiger charge is 2.27. The summed E-state index contributed by atoms with van der Waals surface area (Å²) in [5.74, 6) is 1.36. The van der Waals surface area contributed by atoms with Gasteiger partial charge in [0.1, 0.15) is 11.2 Å². The van der Waals surface area contributed by atoms with Crippen molar-refractivity contribution in [3.63, 3.8) is 0 Å². The maximum Gasteiger partial charge on any atom is 0.262 e. The molecule has 1 aliphatic heterocycles. The molecule has 1 saturated heterocycles. The first kappa shape index (κ1) is 23.3. The number of likely N-dealkylation sites (tertiary alicyclic amines) is 1. The number of aromatic amines is 1. The molecule has 2 aromatic heterocycles. The number of hydrogen-bond acceptors (Lipinski definition) is 7. The number of fused-ring (bicyclic) bond motifs is 1. The van der Waals surface area contributed by atoms with Crippen molar-refractivity contribution in [1.29, 1.82) is 5.41 Å². The van der Waals surface area contributed by atoms with Crippen LogP contribution in [0.2, 0.25) is 0 Å². The number of aromatic nitrogens is 4. The molecule has 178 valence electrons. The molecule has 0 spiro atoms. The first-order valence-electron chi connectivity index (χ1n) is 11.4. The summed E-state index contributed by atoms with van der Waals surface area (Å²) in [5, 5.41) is 12.7. The molecule has 0 bridgehead atoms. The summed E-state index contributed by atoms with van der Waals surface area (Å²) in [6.07, 6.45) is 4.49. The van der Waals surface area contributed by atoms with Gasteiger partial charge in [-0.05, 0) is 31.4 Å². The number of aliphatic imine (C=N–C) groups is 1. The van der Waals surface area contributed by atoms with E-state index in [4.69, 9.17) is 10.1 Å². The number of carbonyl (C=O) groups is 1. The SMILES string of the molecule is C/N=C(\OC(=N)c1ccccc1)C1CCN(C(=O)CCCc2nc3c(cnn3C)c(=O)[nH]2)CC1. The fraction of sp³-hybridized carbons (Fsp3) is 0.417. The molecule has 3 aromatic rings. The third-order valence-electron chi connectivity index (χ3n) is 6.11.